The van der Waals surface area contributed by atoms with Gasteiger partial charge in [-0.3, -0.25) is 4.79 Å². The maximum absolute atomic E-state index is 11.9. The Morgan fingerprint density at radius 3 is 2.28 bits per heavy atom. The van der Waals surface area contributed by atoms with Crippen LogP contribution in [-0.4, -0.2) is 18.3 Å². The van der Waals surface area contributed by atoms with E-state index >= 15 is 0 Å². The minimum absolute atomic E-state index is 0.0597. The summed E-state index contributed by atoms with van der Waals surface area (Å²) < 4.78 is 1.63. The third-order valence-electron chi connectivity index (χ3n) is 4.30. The summed E-state index contributed by atoms with van der Waals surface area (Å²) in [4.78, 5) is 11.9. The monoisotopic (exact) mass is 347 g/mol. The Bertz CT molecular complexity index is 517. The van der Waals surface area contributed by atoms with E-state index in [1.807, 2.05) is 0 Å². The summed E-state index contributed by atoms with van der Waals surface area (Å²) in [5, 5.41) is 21.0. The normalized spacial score (nSPS) is 10.6. The van der Waals surface area contributed by atoms with E-state index in [2.05, 4.69) is 12.2 Å². The van der Waals surface area contributed by atoms with E-state index in [1.54, 1.807) is 22.9 Å². The van der Waals surface area contributed by atoms with Crippen molar-refractivity contribution in [2.24, 2.45) is 0 Å². The van der Waals surface area contributed by atoms with E-state index in [1.165, 1.54) is 57.6 Å². The lowest BCUT2D eigenvalue weighted by atomic mass is 10.1. The number of rotatable bonds is 14. The first-order chi connectivity index (χ1) is 12.1. The molecule has 0 fully saturated rings. The molecule has 140 valence electrons. The first kappa shape index (κ1) is 21.1. The van der Waals surface area contributed by atoms with Crippen molar-refractivity contribution in [2.75, 3.05) is 6.54 Å². The Balaban J connectivity index is 2.02. The van der Waals surface area contributed by atoms with E-state index in [0.717, 1.165) is 12.8 Å². The fourth-order valence-corrected chi connectivity index (χ4v) is 2.82. The standard InChI is InChI=1S/C20H33N3O2/c1-2-3-4-5-6-7-8-9-10-11-14-22-19(24)17-23-15-12-13-18(16-23)20(21)25/h12-13,15-16H,2-11,14,17H2,1H3,(H2-,21,22,24,25). The number of amides is 1. The average molecular weight is 348 g/mol. The lowest BCUT2D eigenvalue weighted by Gasteiger charge is -2.06. The highest BCUT2D eigenvalue weighted by Crippen LogP contribution is 2.10. The lowest BCUT2D eigenvalue weighted by Crippen LogP contribution is -2.43. The number of pyridine rings is 1. The summed E-state index contributed by atoms with van der Waals surface area (Å²) in [6, 6.07) is 3.25. The van der Waals surface area contributed by atoms with Gasteiger partial charge < -0.3 is 15.8 Å². The minimum atomic E-state index is -0.736. The Morgan fingerprint density at radius 2 is 1.68 bits per heavy atom. The van der Waals surface area contributed by atoms with Crippen molar-refractivity contribution in [3.05, 3.63) is 30.1 Å². The number of hydrogen-bond acceptors (Lipinski definition) is 3. The maximum atomic E-state index is 11.9. The fourth-order valence-electron chi connectivity index (χ4n) is 2.82. The molecule has 1 heterocycles. The topological polar surface area (TPSA) is 79.9 Å². The smallest absolute Gasteiger partial charge is 0.285 e. The van der Waals surface area contributed by atoms with Gasteiger partial charge in [-0.1, -0.05) is 64.7 Å². The van der Waals surface area contributed by atoms with E-state index in [0.29, 0.717) is 12.1 Å². The van der Waals surface area contributed by atoms with Crippen molar-refractivity contribution in [3.63, 3.8) is 0 Å². The maximum Gasteiger partial charge on any atom is 0.285 e. The summed E-state index contributed by atoms with van der Waals surface area (Å²) in [5.41, 5.74) is 0.296. The van der Waals surface area contributed by atoms with Crippen LogP contribution in [0.2, 0.25) is 0 Å². The van der Waals surface area contributed by atoms with E-state index in [-0.39, 0.29) is 12.5 Å². The van der Waals surface area contributed by atoms with Gasteiger partial charge in [0, 0.05) is 18.2 Å². The molecule has 1 rings (SSSR count). The molecule has 0 unspecified atom stereocenters. The summed E-state index contributed by atoms with van der Waals surface area (Å²) in [6.07, 6.45) is 16.1. The molecule has 5 nitrogen and oxygen atoms in total. The van der Waals surface area contributed by atoms with Gasteiger partial charge in [-0.05, 0) is 18.4 Å². The summed E-state index contributed by atoms with van der Waals surface area (Å²) in [5.74, 6) is -0.796. The van der Waals surface area contributed by atoms with Crippen molar-refractivity contribution in [1.29, 1.82) is 5.41 Å². The Kier molecular flexibility index (Phi) is 11.3. The third-order valence-corrected chi connectivity index (χ3v) is 4.30. The summed E-state index contributed by atoms with van der Waals surface area (Å²) in [6.45, 7) is 3.12. The molecule has 1 aromatic heterocycles. The second-order valence-electron chi connectivity index (χ2n) is 6.63. The summed E-state index contributed by atoms with van der Waals surface area (Å²) >= 11 is 0. The molecule has 0 aromatic carbocycles. The van der Waals surface area contributed by atoms with Crippen LogP contribution in [0.3, 0.4) is 0 Å². The van der Waals surface area contributed by atoms with Gasteiger partial charge in [0.15, 0.2) is 12.4 Å². The number of aromatic nitrogens is 1. The molecule has 0 atom stereocenters. The SMILES string of the molecule is CCCCCCCCCCCCNC(=O)C[n+]1cccc(C(=N)[O-])c1. The molecular weight excluding hydrogens is 314 g/mol. The molecule has 25 heavy (non-hydrogen) atoms. The zero-order valence-corrected chi connectivity index (χ0v) is 15.6. The van der Waals surface area contributed by atoms with Crippen LogP contribution in [0.25, 0.3) is 0 Å². The molecule has 0 radical (unpaired) electrons. The second-order valence-corrected chi connectivity index (χ2v) is 6.63. The Morgan fingerprint density at radius 1 is 1.08 bits per heavy atom. The molecular formula is C20H33N3O2. The number of unbranched alkanes of at least 4 members (excludes halogenated alkanes) is 9. The molecule has 0 saturated carbocycles. The van der Waals surface area contributed by atoms with Crippen LogP contribution >= 0.6 is 0 Å². The molecule has 2 N–H and O–H groups in total. The predicted octanol–water partition coefficient (Wildman–Crippen LogP) is 2.70. The minimum Gasteiger partial charge on any atom is -0.859 e. The van der Waals surface area contributed by atoms with Crippen LogP contribution in [0.15, 0.2) is 24.5 Å². The zero-order valence-electron chi connectivity index (χ0n) is 15.6. The highest BCUT2D eigenvalue weighted by atomic mass is 16.3. The molecule has 0 spiro atoms. The van der Waals surface area contributed by atoms with Gasteiger partial charge in [-0.25, -0.2) is 0 Å². The summed E-state index contributed by atoms with van der Waals surface area (Å²) in [7, 11) is 0. The Hall–Kier alpha value is -1.91. The van der Waals surface area contributed by atoms with Crippen LogP contribution in [0.4, 0.5) is 0 Å². The number of hydrogen-bond donors (Lipinski definition) is 2. The van der Waals surface area contributed by atoms with Gasteiger partial charge >= 0.3 is 0 Å². The second kappa shape index (κ2) is 13.4. The third kappa shape index (κ3) is 10.5. The van der Waals surface area contributed by atoms with Crippen LogP contribution in [0.1, 0.15) is 76.7 Å². The molecule has 0 bridgehead atoms. The molecule has 1 amide bonds. The fraction of sp³-hybridized carbons (Fsp3) is 0.650. The zero-order chi connectivity index (χ0) is 18.3. The average Bonchev–Trinajstić information content (AvgIpc) is 2.60. The molecule has 1 aromatic rings. The molecule has 5 heteroatoms. The van der Waals surface area contributed by atoms with Crippen LogP contribution < -0.4 is 15.0 Å². The van der Waals surface area contributed by atoms with Gasteiger partial charge in [0.2, 0.25) is 6.54 Å². The van der Waals surface area contributed by atoms with Gasteiger partial charge in [0.05, 0.1) is 0 Å². The molecule has 0 saturated heterocycles. The highest BCUT2D eigenvalue weighted by molar-refractivity contribution is 5.87. The van der Waals surface area contributed by atoms with Gasteiger partial charge in [0.25, 0.3) is 5.91 Å². The van der Waals surface area contributed by atoms with Gasteiger partial charge in [0.1, 0.15) is 0 Å². The predicted molar refractivity (Wildman–Crippen MR) is 98.3 cm³/mol. The number of carbonyl (C=O) groups excluding carboxylic acids is 1. The van der Waals surface area contributed by atoms with Crippen molar-refractivity contribution in [1.82, 2.24) is 5.32 Å². The number of nitrogens with one attached hydrogen (secondary N) is 2. The van der Waals surface area contributed by atoms with Gasteiger partial charge in [-0.15, -0.1) is 0 Å². The first-order valence-corrected chi connectivity index (χ1v) is 9.65. The quantitative estimate of drug-likeness (QED) is 0.235. The van der Waals surface area contributed by atoms with Crippen LogP contribution in [0, 0.1) is 5.41 Å². The molecule has 0 aliphatic heterocycles. The molecule has 0 aliphatic carbocycles. The lowest BCUT2D eigenvalue weighted by molar-refractivity contribution is -0.684. The van der Waals surface area contributed by atoms with E-state index in [9.17, 15) is 9.90 Å². The van der Waals surface area contributed by atoms with Crippen LogP contribution in [-0.2, 0) is 11.3 Å². The largest absolute Gasteiger partial charge is 0.859 e. The highest BCUT2D eigenvalue weighted by Gasteiger charge is 2.09. The van der Waals surface area contributed by atoms with Crippen molar-refractivity contribution in [3.8, 4) is 0 Å². The van der Waals surface area contributed by atoms with Crippen molar-refractivity contribution >= 4 is 11.8 Å². The van der Waals surface area contributed by atoms with Crippen LogP contribution in [0.5, 0.6) is 0 Å². The first-order valence-electron chi connectivity index (χ1n) is 9.65. The van der Waals surface area contributed by atoms with Crippen molar-refractivity contribution in [2.45, 2.75) is 77.7 Å². The van der Waals surface area contributed by atoms with Gasteiger partial charge in [-0.2, -0.15) is 4.57 Å². The molecule has 0 aliphatic rings. The van der Waals surface area contributed by atoms with E-state index < -0.39 is 5.90 Å². The van der Waals surface area contributed by atoms with E-state index in [4.69, 9.17) is 5.41 Å². The Labute approximate surface area is 152 Å². The number of nitrogens with zero attached hydrogens (tertiary/aromatic N) is 1. The van der Waals surface area contributed by atoms with Crippen molar-refractivity contribution < 1.29 is 14.5 Å². The number of carbonyl (C=O) groups is 1.